The fourth-order valence-electron chi connectivity index (χ4n) is 2.66. The van der Waals surface area contributed by atoms with Crippen LogP contribution in [0.3, 0.4) is 0 Å². The number of furan rings is 1. The van der Waals surface area contributed by atoms with Gasteiger partial charge in [-0.1, -0.05) is 42.5 Å². The Labute approximate surface area is 133 Å². The summed E-state index contributed by atoms with van der Waals surface area (Å²) in [7, 11) is 0. The summed E-state index contributed by atoms with van der Waals surface area (Å²) in [5, 5.41) is 0.341. The zero-order valence-electron chi connectivity index (χ0n) is 12.0. The van der Waals surface area contributed by atoms with Crippen molar-refractivity contribution in [1.82, 2.24) is 0 Å². The van der Waals surface area contributed by atoms with Crippen molar-refractivity contribution in [2.45, 2.75) is 16.6 Å². The lowest BCUT2D eigenvalue weighted by molar-refractivity contribution is 0.555. The summed E-state index contributed by atoms with van der Waals surface area (Å²) < 4.78 is 5.59. The number of hydrogen-bond acceptors (Lipinski definition) is 3. The fraction of sp³-hybridized carbons (Fsp3) is 0.105. The van der Waals surface area contributed by atoms with Crippen LogP contribution in [0.15, 0.2) is 87.3 Å². The van der Waals surface area contributed by atoms with E-state index in [2.05, 4.69) is 48.5 Å². The number of aliphatic imine (C=N–C) groups is 1. The van der Waals surface area contributed by atoms with Gasteiger partial charge in [0.05, 0.1) is 17.7 Å². The van der Waals surface area contributed by atoms with Crippen molar-refractivity contribution in [1.29, 1.82) is 0 Å². The molecule has 1 aromatic heterocycles. The fourth-order valence-corrected chi connectivity index (χ4v) is 3.90. The molecule has 1 atom stereocenters. The van der Waals surface area contributed by atoms with Gasteiger partial charge in [0.1, 0.15) is 5.76 Å². The summed E-state index contributed by atoms with van der Waals surface area (Å²) in [6.07, 6.45) is 2.57. The van der Waals surface area contributed by atoms with Crippen LogP contribution < -0.4 is 0 Å². The summed E-state index contributed by atoms with van der Waals surface area (Å²) in [5.74, 6) is 0.859. The Morgan fingerprint density at radius 1 is 0.909 bits per heavy atom. The molecule has 0 saturated heterocycles. The second-order valence-electron chi connectivity index (χ2n) is 5.22. The van der Waals surface area contributed by atoms with Gasteiger partial charge in [0.15, 0.2) is 0 Å². The molecule has 108 valence electrons. The lowest BCUT2D eigenvalue weighted by Gasteiger charge is -2.15. The van der Waals surface area contributed by atoms with Gasteiger partial charge in [-0.2, -0.15) is 0 Å². The van der Waals surface area contributed by atoms with Crippen molar-refractivity contribution in [2.75, 3.05) is 0 Å². The van der Waals surface area contributed by atoms with Crippen molar-refractivity contribution < 1.29 is 4.42 Å². The molecular formula is C19H15NOS. The van der Waals surface area contributed by atoms with E-state index >= 15 is 0 Å². The van der Waals surface area contributed by atoms with Crippen molar-refractivity contribution >= 4 is 23.2 Å². The zero-order valence-corrected chi connectivity index (χ0v) is 12.8. The molecule has 1 aliphatic heterocycles. The minimum atomic E-state index is 0.341. The van der Waals surface area contributed by atoms with Gasteiger partial charge in [0.25, 0.3) is 0 Å². The maximum atomic E-state index is 5.59. The first kappa shape index (κ1) is 13.4. The first-order chi connectivity index (χ1) is 10.9. The predicted molar refractivity (Wildman–Crippen MR) is 91.0 cm³/mol. The second kappa shape index (κ2) is 5.85. The normalized spacial score (nSPS) is 17.5. The Bertz CT molecular complexity index is 793. The summed E-state index contributed by atoms with van der Waals surface area (Å²) in [6.45, 7) is 0. The van der Waals surface area contributed by atoms with Crippen LogP contribution in [0.25, 0.3) is 0 Å². The van der Waals surface area contributed by atoms with Gasteiger partial charge in [-0.05, 0) is 29.8 Å². The molecule has 1 unspecified atom stereocenters. The van der Waals surface area contributed by atoms with Gasteiger partial charge >= 0.3 is 0 Å². The molecule has 4 rings (SSSR count). The van der Waals surface area contributed by atoms with E-state index in [1.54, 1.807) is 6.26 Å². The minimum Gasteiger partial charge on any atom is -0.463 e. The van der Waals surface area contributed by atoms with Crippen molar-refractivity contribution in [2.24, 2.45) is 4.99 Å². The molecular weight excluding hydrogens is 290 g/mol. The van der Waals surface area contributed by atoms with Gasteiger partial charge in [-0.3, -0.25) is 0 Å². The summed E-state index contributed by atoms with van der Waals surface area (Å²) in [5.41, 5.74) is 3.36. The quantitative estimate of drug-likeness (QED) is 0.612. The van der Waals surface area contributed by atoms with Crippen molar-refractivity contribution in [3.05, 3.63) is 84.3 Å². The molecule has 0 bridgehead atoms. The van der Waals surface area contributed by atoms with E-state index < -0.39 is 0 Å². The highest BCUT2D eigenvalue weighted by molar-refractivity contribution is 7.99. The molecule has 0 saturated carbocycles. The van der Waals surface area contributed by atoms with E-state index in [9.17, 15) is 0 Å². The summed E-state index contributed by atoms with van der Waals surface area (Å²) in [4.78, 5) is 6.08. The molecule has 2 heterocycles. The highest BCUT2D eigenvalue weighted by atomic mass is 32.2. The maximum Gasteiger partial charge on any atom is 0.148 e. The number of para-hydroxylation sites is 1. The molecule has 3 heteroatoms. The third-order valence-corrected chi connectivity index (χ3v) is 5.07. The van der Waals surface area contributed by atoms with Gasteiger partial charge in [-0.25, -0.2) is 4.99 Å². The Hall–Kier alpha value is -2.26. The molecule has 0 radical (unpaired) electrons. The van der Waals surface area contributed by atoms with E-state index in [0.717, 1.165) is 23.6 Å². The molecule has 0 spiro atoms. The molecule has 0 amide bonds. The molecule has 3 aromatic rings. The topological polar surface area (TPSA) is 25.5 Å². The number of benzene rings is 2. The molecule has 0 aliphatic carbocycles. The van der Waals surface area contributed by atoms with Crippen LogP contribution >= 0.6 is 11.8 Å². The van der Waals surface area contributed by atoms with Crippen LogP contribution in [0.1, 0.15) is 23.0 Å². The van der Waals surface area contributed by atoms with Crippen molar-refractivity contribution in [3.63, 3.8) is 0 Å². The van der Waals surface area contributed by atoms with E-state index in [-0.39, 0.29) is 0 Å². The number of thioether (sulfide) groups is 1. The second-order valence-corrected chi connectivity index (χ2v) is 6.47. The molecule has 22 heavy (non-hydrogen) atoms. The highest BCUT2D eigenvalue weighted by Gasteiger charge is 2.23. The van der Waals surface area contributed by atoms with Crippen LogP contribution in [0.2, 0.25) is 0 Å². The highest BCUT2D eigenvalue weighted by Crippen LogP contribution is 2.45. The molecule has 2 aromatic carbocycles. The van der Waals surface area contributed by atoms with E-state index in [4.69, 9.17) is 9.41 Å². The third kappa shape index (κ3) is 2.60. The number of rotatable bonds is 2. The SMILES string of the molecule is c1ccc(C2CC(c3ccco3)=Nc3ccccc3S2)cc1. The van der Waals surface area contributed by atoms with Crippen LogP contribution in [0.5, 0.6) is 0 Å². The van der Waals surface area contributed by atoms with Crippen LogP contribution in [0, 0.1) is 0 Å². The Morgan fingerprint density at radius 2 is 1.73 bits per heavy atom. The molecule has 2 nitrogen and oxygen atoms in total. The molecule has 1 aliphatic rings. The standard InChI is InChI=1S/C19H15NOS/c1-2-7-14(8-3-1)19-13-16(17-10-6-12-21-17)20-15-9-4-5-11-18(15)22-19/h1-12,19H,13H2. The first-order valence-corrected chi connectivity index (χ1v) is 8.20. The average Bonchev–Trinajstić information content (AvgIpc) is 3.03. The summed E-state index contributed by atoms with van der Waals surface area (Å²) >= 11 is 1.88. The summed E-state index contributed by atoms with van der Waals surface area (Å²) in [6, 6.07) is 22.8. The molecule has 0 N–H and O–H groups in total. The number of hydrogen-bond donors (Lipinski definition) is 0. The van der Waals surface area contributed by atoms with Crippen molar-refractivity contribution in [3.8, 4) is 0 Å². The van der Waals surface area contributed by atoms with E-state index in [1.807, 2.05) is 30.0 Å². The number of nitrogens with zero attached hydrogens (tertiary/aromatic N) is 1. The lowest BCUT2D eigenvalue weighted by Crippen LogP contribution is -2.04. The van der Waals surface area contributed by atoms with E-state index in [0.29, 0.717) is 5.25 Å². The first-order valence-electron chi connectivity index (χ1n) is 7.32. The van der Waals surface area contributed by atoms with Crippen LogP contribution in [-0.2, 0) is 0 Å². The monoisotopic (exact) mass is 305 g/mol. The zero-order chi connectivity index (χ0) is 14.8. The Kier molecular flexibility index (Phi) is 3.57. The smallest absolute Gasteiger partial charge is 0.148 e. The predicted octanol–water partition coefficient (Wildman–Crippen LogP) is 5.64. The maximum absolute atomic E-state index is 5.59. The van der Waals surface area contributed by atoms with Crippen LogP contribution in [0.4, 0.5) is 5.69 Å². The largest absolute Gasteiger partial charge is 0.463 e. The van der Waals surface area contributed by atoms with Gasteiger partial charge in [0.2, 0.25) is 0 Å². The van der Waals surface area contributed by atoms with Crippen LogP contribution in [-0.4, -0.2) is 5.71 Å². The third-order valence-electron chi connectivity index (χ3n) is 3.75. The van der Waals surface area contributed by atoms with E-state index in [1.165, 1.54) is 10.5 Å². The van der Waals surface area contributed by atoms with Gasteiger partial charge in [-0.15, -0.1) is 11.8 Å². The molecule has 0 fully saturated rings. The minimum absolute atomic E-state index is 0.341. The Morgan fingerprint density at radius 3 is 2.55 bits per heavy atom. The lowest BCUT2D eigenvalue weighted by atomic mass is 10.1. The number of fused-ring (bicyclic) bond motifs is 1. The van der Waals surface area contributed by atoms with Gasteiger partial charge in [0, 0.05) is 16.6 Å². The average molecular weight is 305 g/mol. The van der Waals surface area contributed by atoms with Gasteiger partial charge < -0.3 is 4.42 Å². The Balaban J connectivity index is 1.80.